The predicted octanol–water partition coefficient (Wildman–Crippen LogP) is 4.74. The highest BCUT2D eigenvalue weighted by molar-refractivity contribution is 5.82. The number of hydrogen-bond donors (Lipinski definition) is 1. The van der Waals surface area contributed by atoms with Gasteiger partial charge in [-0.15, -0.1) is 0 Å². The summed E-state index contributed by atoms with van der Waals surface area (Å²) >= 11 is 0. The molecule has 2 heterocycles. The van der Waals surface area contributed by atoms with Gasteiger partial charge >= 0.3 is 0 Å². The molecule has 0 spiro atoms. The Morgan fingerprint density at radius 2 is 1.76 bits per heavy atom. The first kappa shape index (κ1) is 22.5. The molecule has 6 heteroatoms. The maximum absolute atomic E-state index is 13.1. The van der Waals surface area contributed by atoms with Crippen LogP contribution >= 0.6 is 0 Å². The lowest BCUT2D eigenvalue weighted by atomic mass is 10.0. The standard InChI is InChI=1S/C27H30N4O2/c1-19(2)18-31-27-23(10-7-15-28-27)26(30-31)24(16-20-8-5-4-6-9-20)29-25(32)17-21-11-13-22(33-3)14-12-21/h4-15,19,24H,16-18H2,1-3H3,(H,29,32)/t24-/m1/s1. The Hall–Kier alpha value is -3.67. The Kier molecular flexibility index (Phi) is 7.03. The molecule has 6 nitrogen and oxygen atoms in total. The molecule has 0 saturated heterocycles. The van der Waals surface area contributed by atoms with Crippen LogP contribution in [0.5, 0.6) is 5.75 Å². The number of hydrogen-bond acceptors (Lipinski definition) is 4. The first-order valence-electron chi connectivity index (χ1n) is 11.3. The zero-order valence-corrected chi connectivity index (χ0v) is 19.4. The van der Waals surface area contributed by atoms with Gasteiger partial charge < -0.3 is 10.1 Å². The lowest BCUT2D eigenvalue weighted by molar-refractivity contribution is -0.121. The summed E-state index contributed by atoms with van der Waals surface area (Å²) in [5.41, 5.74) is 3.78. The second kappa shape index (κ2) is 10.3. The fourth-order valence-corrected chi connectivity index (χ4v) is 4.00. The number of benzene rings is 2. The van der Waals surface area contributed by atoms with E-state index >= 15 is 0 Å². The van der Waals surface area contributed by atoms with Crippen LogP contribution in [0.4, 0.5) is 0 Å². The van der Waals surface area contributed by atoms with Gasteiger partial charge in [-0.25, -0.2) is 9.67 Å². The van der Waals surface area contributed by atoms with E-state index in [9.17, 15) is 4.79 Å². The number of ether oxygens (including phenoxy) is 1. The summed E-state index contributed by atoms with van der Waals surface area (Å²) < 4.78 is 7.18. The van der Waals surface area contributed by atoms with E-state index in [0.29, 0.717) is 12.3 Å². The van der Waals surface area contributed by atoms with Crippen molar-refractivity contribution in [3.05, 3.63) is 89.7 Å². The van der Waals surface area contributed by atoms with Crippen molar-refractivity contribution in [3.8, 4) is 5.75 Å². The third-order valence-electron chi connectivity index (χ3n) is 5.55. The number of aromatic nitrogens is 3. The fraction of sp³-hybridized carbons (Fsp3) is 0.296. The van der Waals surface area contributed by atoms with E-state index in [4.69, 9.17) is 9.84 Å². The Balaban J connectivity index is 1.64. The van der Waals surface area contributed by atoms with Gasteiger partial charge in [-0.3, -0.25) is 4.79 Å². The maximum Gasteiger partial charge on any atom is 0.224 e. The molecule has 0 bridgehead atoms. The van der Waals surface area contributed by atoms with Gasteiger partial charge in [-0.05, 0) is 47.7 Å². The molecule has 33 heavy (non-hydrogen) atoms. The van der Waals surface area contributed by atoms with Gasteiger partial charge in [0.1, 0.15) is 5.75 Å². The molecule has 2 aromatic carbocycles. The van der Waals surface area contributed by atoms with Crippen molar-refractivity contribution in [1.82, 2.24) is 20.1 Å². The molecule has 0 saturated carbocycles. The minimum absolute atomic E-state index is 0.0449. The molecule has 0 radical (unpaired) electrons. The van der Waals surface area contributed by atoms with Crippen molar-refractivity contribution in [3.63, 3.8) is 0 Å². The van der Waals surface area contributed by atoms with Crippen molar-refractivity contribution in [2.45, 2.75) is 39.3 Å². The molecule has 0 unspecified atom stereocenters. The highest BCUT2D eigenvalue weighted by atomic mass is 16.5. The van der Waals surface area contributed by atoms with E-state index in [0.717, 1.165) is 40.1 Å². The van der Waals surface area contributed by atoms with E-state index in [2.05, 4.69) is 36.3 Å². The van der Waals surface area contributed by atoms with Gasteiger partial charge in [-0.2, -0.15) is 5.10 Å². The number of nitrogens with one attached hydrogen (secondary N) is 1. The number of fused-ring (bicyclic) bond motifs is 1. The summed E-state index contributed by atoms with van der Waals surface area (Å²) in [6.07, 6.45) is 2.73. The maximum atomic E-state index is 13.1. The summed E-state index contributed by atoms with van der Waals surface area (Å²) in [4.78, 5) is 17.7. The molecule has 4 rings (SSSR count). The Bertz CT molecular complexity index is 1200. The third-order valence-corrected chi connectivity index (χ3v) is 5.55. The van der Waals surface area contributed by atoms with Crippen molar-refractivity contribution < 1.29 is 9.53 Å². The van der Waals surface area contributed by atoms with E-state index in [1.165, 1.54) is 0 Å². The lowest BCUT2D eigenvalue weighted by Crippen LogP contribution is -2.31. The largest absolute Gasteiger partial charge is 0.497 e. The molecule has 1 N–H and O–H groups in total. The predicted molar refractivity (Wildman–Crippen MR) is 130 cm³/mol. The van der Waals surface area contributed by atoms with Crippen LogP contribution in [-0.2, 0) is 24.2 Å². The summed E-state index contributed by atoms with van der Waals surface area (Å²) in [7, 11) is 1.63. The zero-order valence-electron chi connectivity index (χ0n) is 19.4. The Morgan fingerprint density at radius 3 is 2.45 bits per heavy atom. The normalized spacial score (nSPS) is 12.1. The fourth-order valence-electron chi connectivity index (χ4n) is 4.00. The number of methoxy groups -OCH3 is 1. The van der Waals surface area contributed by atoms with E-state index in [-0.39, 0.29) is 18.4 Å². The molecule has 0 aliphatic rings. The van der Waals surface area contributed by atoms with Crippen LogP contribution in [0.1, 0.15) is 36.7 Å². The molecule has 0 fully saturated rings. The summed E-state index contributed by atoms with van der Waals surface area (Å²) in [5.74, 6) is 1.16. The average molecular weight is 443 g/mol. The van der Waals surface area contributed by atoms with Crippen molar-refractivity contribution >= 4 is 16.9 Å². The van der Waals surface area contributed by atoms with Crippen LogP contribution in [0.25, 0.3) is 11.0 Å². The molecule has 0 aliphatic carbocycles. The van der Waals surface area contributed by atoms with E-state index < -0.39 is 0 Å². The number of pyridine rings is 1. The number of nitrogens with zero attached hydrogens (tertiary/aromatic N) is 3. The van der Waals surface area contributed by atoms with Crippen molar-refractivity contribution in [1.29, 1.82) is 0 Å². The first-order chi connectivity index (χ1) is 16.0. The number of amides is 1. The summed E-state index contributed by atoms with van der Waals surface area (Å²) in [6.45, 7) is 5.09. The molecule has 4 aromatic rings. The van der Waals surface area contributed by atoms with Crippen LogP contribution in [0.2, 0.25) is 0 Å². The third kappa shape index (κ3) is 5.58. The number of carbonyl (C=O) groups excluding carboxylic acids is 1. The SMILES string of the molecule is COc1ccc(CC(=O)N[C@H](Cc2ccccc2)c2nn(CC(C)C)c3ncccc23)cc1. The zero-order chi connectivity index (χ0) is 23.2. The quantitative estimate of drug-likeness (QED) is 0.407. The molecule has 1 amide bonds. The second-order valence-electron chi connectivity index (χ2n) is 8.67. The van der Waals surface area contributed by atoms with Crippen molar-refractivity contribution in [2.24, 2.45) is 5.92 Å². The van der Waals surface area contributed by atoms with Gasteiger partial charge in [0.2, 0.25) is 5.91 Å². The van der Waals surface area contributed by atoms with Gasteiger partial charge in [-0.1, -0.05) is 56.3 Å². The van der Waals surface area contributed by atoms with Crippen LogP contribution in [0.15, 0.2) is 72.9 Å². The molecular formula is C27H30N4O2. The molecule has 1 atom stereocenters. The monoisotopic (exact) mass is 442 g/mol. The summed E-state index contributed by atoms with van der Waals surface area (Å²) in [6, 6.07) is 21.5. The number of rotatable bonds is 9. The van der Waals surface area contributed by atoms with Crippen LogP contribution < -0.4 is 10.1 Å². The van der Waals surface area contributed by atoms with Gasteiger partial charge in [0, 0.05) is 18.1 Å². The van der Waals surface area contributed by atoms with Crippen LogP contribution in [0.3, 0.4) is 0 Å². The molecular weight excluding hydrogens is 412 g/mol. The molecule has 170 valence electrons. The topological polar surface area (TPSA) is 69.0 Å². The number of carbonyl (C=O) groups is 1. The van der Waals surface area contributed by atoms with Gasteiger partial charge in [0.05, 0.1) is 25.3 Å². The average Bonchev–Trinajstić information content (AvgIpc) is 3.18. The van der Waals surface area contributed by atoms with Gasteiger partial charge in [0.15, 0.2) is 5.65 Å². The lowest BCUT2D eigenvalue weighted by Gasteiger charge is -2.18. The van der Waals surface area contributed by atoms with Crippen LogP contribution in [-0.4, -0.2) is 27.8 Å². The summed E-state index contributed by atoms with van der Waals surface area (Å²) in [5, 5.41) is 9.15. The van der Waals surface area contributed by atoms with Gasteiger partial charge in [0.25, 0.3) is 0 Å². The van der Waals surface area contributed by atoms with E-state index in [1.807, 2.05) is 59.3 Å². The second-order valence-corrected chi connectivity index (χ2v) is 8.67. The van der Waals surface area contributed by atoms with Crippen LogP contribution in [0, 0.1) is 5.92 Å². The minimum atomic E-state index is -0.265. The molecule has 0 aliphatic heterocycles. The molecule has 2 aromatic heterocycles. The smallest absolute Gasteiger partial charge is 0.224 e. The first-order valence-corrected chi connectivity index (χ1v) is 11.3. The van der Waals surface area contributed by atoms with E-state index in [1.54, 1.807) is 13.3 Å². The minimum Gasteiger partial charge on any atom is -0.497 e. The highest BCUT2D eigenvalue weighted by Crippen LogP contribution is 2.26. The Labute approximate surface area is 194 Å². The Morgan fingerprint density at radius 1 is 1.00 bits per heavy atom. The van der Waals surface area contributed by atoms with Crippen molar-refractivity contribution in [2.75, 3.05) is 7.11 Å². The highest BCUT2D eigenvalue weighted by Gasteiger charge is 2.23.